The summed E-state index contributed by atoms with van der Waals surface area (Å²) in [6.45, 7) is 7.08. The molecule has 0 aliphatic carbocycles. The molecule has 166 valence electrons. The van der Waals surface area contributed by atoms with E-state index < -0.39 is 0 Å². The molecule has 1 N–H and O–H groups in total. The lowest BCUT2D eigenvalue weighted by molar-refractivity contribution is -0.123. The third-order valence-electron chi connectivity index (χ3n) is 5.40. The van der Waals surface area contributed by atoms with E-state index in [4.69, 9.17) is 9.47 Å². The van der Waals surface area contributed by atoms with Crippen LogP contribution in [0.5, 0.6) is 11.5 Å². The van der Waals surface area contributed by atoms with Crippen LogP contribution < -0.4 is 19.7 Å². The average molecular weight is 426 g/mol. The standard InChI is InChI=1S/C24H31N3O4/c1-19(28)20-9-10-22(23(17-20)30-2)31-18-24(29)25-11-6-12-26-13-15-27(16-14-26)21-7-4-3-5-8-21/h3-5,7-10,17H,6,11-16,18H2,1-2H3,(H,25,29). The van der Waals surface area contributed by atoms with Gasteiger partial charge in [-0.1, -0.05) is 18.2 Å². The first-order valence-electron chi connectivity index (χ1n) is 10.7. The largest absolute Gasteiger partial charge is 0.493 e. The van der Waals surface area contributed by atoms with Gasteiger partial charge in [-0.05, 0) is 50.2 Å². The maximum absolute atomic E-state index is 12.1. The number of Topliss-reactive ketones (excluding diaryl/α,β-unsaturated/α-hetero) is 1. The molecular weight excluding hydrogens is 394 g/mol. The van der Waals surface area contributed by atoms with Crippen molar-refractivity contribution in [3.8, 4) is 11.5 Å². The van der Waals surface area contributed by atoms with E-state index in [9.17, 15) is 9.59 Å². The van der Waals surface area contributed by atoms with Crippen LogP contribution in [-0.4, -0.2) is 69.6 Å². The molecule has 1 aliphatic heterocycles. The minimum absolute atomic E-state index is 0.0518. The van der Waals surface area contributed by atoms with Crippen molar-refractivity contribution in [1.29, 1.82) is 0 Å². The number of anilines is 1. The van der Waals surface area contributed by atoms with Gasteiger partial charge in [0, 0.05) is 44.0 Å². The Bertz CT molecular complexity index is 864. The second kappa shape index (κ2) is 11.4. The Morgan fingerprint density at radius 3 is 2.42 bits per heavy atom. The van der Waals surface area contributed by atoms with Gasteiger partial charge in [-0.25, -0.2) is 0 Å². The first-order valence-corrected chi connectivity index (χ1v) is 10.7. The summed E-state index contributed by atoms with van der Waals surface area (Å²) >= 11 is 0. The predicted molar refractivity (Wildman–Crippen MR) is 121 cm³/mol. The van der Waals surface area contributed by atoms with Crippen molar-refractivity contribution >= 4 is 17.4 Å². The number of methoxy groups -OCH3 is 1. The van der Waals surface area contributed by atoms with E-state index in [1.165, 1.54) is 19.7 Å². The van der Waals surface area contributed by atoms with Crippen LogP contribution in [-0.2, 0) is 4.79 Å². The predicted octanol–water partition coefficient (Wildman–Crippen LogP) is 2.61. The van der Waals surface area contributed by atoms with Crippen molar-refractivity contribution in [3.63, 3.8) is 0 Å². The number of para-hydroxylation sites is 1. The van der Waals surface area contributed by atoms with Gasteiger partial charge in [0.2, 0.25) is 0 Å². The summed E-state index contributed by atoms with van der Waals surface area (Å²) in [6.07, 6.45) is 0.897. The number of piperazine rings is 1. The van der Waals surface area contributed by atoms with Gasteiger partial charge < -0.3 is 19.7 Å². The zero-order chi connectivity index (χ0) is 22.1. The van der Waals surface area contributed by atoms with Crippen LogP contribution >= 0.6 is 0 Å². The second-order valence-corrected chi connectivity index (χ2v) is 7.58. The molecule has 31 heavy (non-hydrogen) atoms. The first-order chi connectivity index (χ1) is 15.1. The minimum Gasteiger partial charge on any atom is -0.493 e. The van der Waals surface area contributed by atoms with E-state index in [1.807, 2.05) is 6.07 Å². The Kier molecular flexibility index (Phi) is 8.29. The summed E-state index contributed by atoms with van der Waals surface area (Å²) in [5, 5.41) is 2.90. The third kappa shape index (κ3) is 6.72. The molecule has 2 aromatic carbocycles. The Morgan fingerprint density at radius 1 is 1.00 bits per heavy atom. The van der Waals surface area contributed by atoms with Crippen LogP contribution in [0.4, 0.5) is 5.69 Å². The zero-order valence-corrected chi connectivity index (χ0v) is 18.3. The van der Waals surface area contributed by atoms with Crippen molar-refractivity contribution in [3.05, 3.63) is 54.1 Å². The molecular formula is C24H31N3O4. The summed E-state index contributed by atoms with van der Waals surface area (Å²) in [5.41, 5.74) is 1.82. The van der Waals surface area contributed by atoms with Crippen LogP contribution in [0.15, 0.2) is 48.5 Å². The lowest BCUT2D eigenvalue weighted by Gasteiger charge is -2.36. The molecule has 0 bridgehead atoms. The third-order valence-corrected chi connectivity index (χ3v) is 5.40. The van der Waals surface area contributed by atoms with E-state index >= 15 is 0 Å². The Hall–Kier alpha value is -3.06. The van der Waals surface area contributed by atoms with Gasteiger partial charge in [-0.3, -0.25) is 14.5 Å². The number of ether oxygens (including phenoxy) is 2. The number of hydrogen-bond acceptors (Lipinski definition) is 6. The van der Waals surface area contributed by atoms with Crippen LogP contribution in [0.2, 0.25) is 0 Å². The fourth-order valence-electron chi connectivity index (χ4n) is 3.60. The Morgan fingerprint density at radius 2 is 1.74 bits per heavy atom. The molecule has 2 aromatic rings. The topological polar surface area (TPSA) is 71.1 Å². The number of nitrogens with one attached hydrogen (secondary N) is 1. The molecule has 0 saturated carbocycles. The zero-order valence-electron chi connectivity index (χ0n) is 18.3. The van der Waals surface area contributed by atoms with Crippen LogP contribution in [0.1, 0.15) is 23.7 Å². The molecule has 0 unspecified atom stereocenters. The van der Waals surface area contributed by atoms with Crippen molar-refractivity contribution in [2.45, 2.75) is 13.3 Å². The van der Waals surface area contributed by atoms with Gasteiger partial charge in [0.15, 0.2) is 23.9 Å². The van der Waals surface area contributed by atoms with Gasteiger partial charge in [0.1, 0.15) is 0 Å². The molecule has 1 aliphatic rings. The van der Waals surface area contributed by atoms with Crippen molar-refractivity contribution < 1.29 is 19.1 Å². The van der Waals surface area contributed by atoms with Crippen molar-refractivity contribution in [1.82, 2.24) is 10.2 Å². The number of benzene rings is 2. The molecule has 0 radical (unpaired) electrons. The Labute approximate surface area is 183 Å². The average Bonchev–Trinajstić information content (AvgIpc) is 2.81. The monoisotopic (exact) mass is 425 g/mol. The van der Waals surface area contributed by atoms with Crippen molar-refractivity contribution in [2.24, 2.45) is 0 Å². The normalized spacial score (nSPS) is 14.2. The first kappa shape index (κ1) is 22.6. The summed E-state index contributed by atoms with van der Waals surface area (Å²) < 4.78 is 10.8. The molecule has 1 amide bonds. The summed E-state index contributed by atoms with van der Waals surface area (Å²) in [7, 11) is 1.51. The van der Waals surface area contributed by atoms with Crippen molar-refractivity contribution in [2.75, 3.05) is 57.9 Å². The summed E-state index contributed by atoms with van der Waals surface area (Å²) in [5.74, 6) is 0.657. The minimum atomic E-state index is -0.174. The maximum Gasteiger partial charge on any atom is 0.257 e. The van der Waals surface area contributed by atoms with E-state index in [0.29, 0.717) is 23.6 Å². The second-order valence-electron chi connectivity index (χ2n) is 7.58. The summed E-state index contributed by atoms with van der Waals surface area (Å²) in [4.78, 5) is 28.4. The Balaban J connectivity index is 1.32. The molecule has 7 nitrogen and oxygen atoms in total. The van der Waals surface area contributed by atoms with Gasteiger partial charge in [0.05, 0.1) is 7.11 Å². The van der Waals surface area contributed by atoms with E-state index in [-0.39, 0.29) is 18.3 Å². The molecule has 1 heterocycles. The van der Waals surface area contributed by atoms with Gasteiger partial charge in [0.25, 0.3) is 5.91 Å². The lowest BCUT2D eigenvalue weighted by Crippen LogP contribution is -2.47. The fraction of sp³-hybridized carbons (Fsp3) is 0.417. The van der Waals surface area contributed by atoms with E-state index in [2.05, 4.69) is 39.4 Å². The number of carbonyl (C=O) groups is 2. The maximum atomic E-state index is 12.1. The van der Waals surface area contributed by atoms with Crippen LogP contribution in [0, 0.1) is 0 Å². The number of hydrogen-bond donors (Lipinski definition) is 1. The van der Waals surface area contributed by atoms with E-state index in [0.717, 1.165) is 39.1 Å². The molecule has 7 heteroatoms. The van der Waals surface area contributed by atoms with Gasteiger partial charge >= 0.3 is 0 Å². The highest BCUT2D eigenvalue weighted by Crippen LogP contribution is 2.28. The van der Waals surface area contributed by atoms with Gasteiger partial charge in [-0.2, -0.15) is 0 Å². The molecule has 1 fully saturated rings. The van der Waals surface area contributed by atoms with Crippen LogP contribution in [0.3, 0.4) is 0 Å². The number of nitrogens with zero attached hydrogens (tertiary/aromatic N) is 2. The molecule has 0 spiro atoms. The molecule has 0 atom stereocenters. The van der Waals surface area contributed by atoms with Crippen LogP contribution in [0.25, 0.3) is 0 Å². The number of ketones is 1. The molecule has 1 saturated heterocycles. The number of carbonyl (C=O) groups excluding carboxylic acids is 2. The highest BCUT2D eigenvalue weighted by molar-refractivity contribution is 5.94. The van der Waals surface area contributed by atoms with Gasteiger partial charge in [-0.15, -0.1) is 0 Å². The molecule has 0 aromatic heterocycles. The highest BCUT2D eigenvalue weighted by Gasteiger charge is 2.16. The fourth-order valence-corrected chi connectivity index (χ4v) is 3.60. The summed E-state index contributed by atoms with van der Waals surface area (Å²) in [6, 6.07) is 15.4. The molecule has 3 rings (SSSR count). The SMILES string of the molecule is COc1cc(C(C)=O)ccc1OCC(=O)NCCCN1CCN(c2ccccc2)CC1. The highest BCUT2D eigenvalue weighted by atomic mass is 16.5. The van der Waals surface area contributed by atoms with E-state index in [1.54, 1.807) is 18.2 Å². The number of amides is 1. The number of rotatable bonds is 10. The smallest absolute Gasteiger partial charge is 0.257 e. The quantitative estimate of drug-likeness (QED) is 0.466. The lowest BCUT2D eigenvalue weighted by atomic mass is 10.1.